The summed E-state index contributed by atoms with van der Waals surface area (Å²) >= 11 is 11.6. The van der Waals surface area contributed by atoms with E-state index in [0.29, 0.717) is 11.8 Å². The van der Waals surface area contributed by atoms with Crippen molar-refractivity contribution >= 4 is 39.3 Å². The molecule has 1 aliphatic rings. The van der Waals surface area contributed by atoms with Gasteiger partial charge >= 0.3 is 0 Å². The molecule has 18 heavy (non-hydrogen) atoms. The van der Waals surface area contributed by atoms with Gasteiger partial charge in [-0.1, -0.05) is 40.5 Å². The van der Waals surface area contributed by atoms with Gasteiger partial charge < -0.3 is 5.73 Å². The molecule has 2 rings (SSSR count). The highest BCUT2D eigenvalue weighted by molar-refractivity contribution is 9.10. The van der Waals surface area contributed by atoms with Gasteiger partial charge in [-0.2, -0.15) is 11.8 Å². The topological polar surface area (TPSA) is 29.3 Å². The molecule has 0 aromatic heterocycles. The van der Waals surface area contributed by atoms with Crippen LogP contribution in [0.15, 0.2) is 22.7 Å². The lowest BCUT2D eigenvalue weighted by Crippen LogP contribution is -2.42. The molecule has 0 amide bonds. The van der Waals surface area contributed by atoms with E-state index in [9.17, 15) is 0 Å². The van der Waals surface area contributed by atoms with Gasteiger partial charge in [0, 0.05) is 46.2 Å². The zero-order valence-corrected chi connectivity index (χ0v) is 13.6. The fourth-order valence-corrected chi connectivity index (χ4v) is 4.36. The third-order valence-corrected chi connectivity index (χ3v) is 5.32. The predicted octanol–water partition coefficient (Wildman–Crippen LogP) is 3.54. The molecule has 100 valence electrons. The maximum absolute atomic E-state index is 6.00. The Kier molecular flexibility index (Phi) is 5.39. The predicted molar refractivity (Wildman–Crippen MR) is 84.4 cm³/mol. The van der Waals surface area contributed by atoms with Crippen LogP contribution in [0.2, 0.25) is 5.02 Å². The summed E-state index contributed by atoms with van der Waals surface area (Å²) in [4.78, 5) is 2.48. The lowest BCUT2D eigenvalue weighted by Gasteiger charge is -2.37. The van der Waals surface area contributed by atoms with Crippen molar-refractivity contribution < 1.29 is 0 Å². The van der Waals surface area contributed by atoms with E-state index in [1.165, 1.54) is 11.3 Å². The smallest absolute Gasteiger partial charge is 0.0482 e. The first-order valence-corrected chi connectivity index (χ1v) is 8.34. The summed E-state index contributed by atoms with van der Waals surface area (Å²) in [6.45, 7) is 5.12. The second-order valence-electron chi connectivity index (χ2n) is 4.59. The highest BCUT2D eigenvalue weighted by atomic mass is 79.9. The lowest BCUT2D eigenvalue weighted by atomic mass is 10.0. The van der Waals surface area contributed by atoms with Gasteiger partial charge in [0.2, 0.25) is 0 Å². The second-order valence-corrected chi connectivity index (χ2v) is 7.43. The van der Waals surface area contributed by atoms with Crippen LogP contribution in [0.5, 0.6) is 0 Å². The minimum atomic E-state index is 0.278. The summed E-state index contributed by atoms with van der Waals surface area (Å²) in [6.07, 6.45) is 0. The van der Waals surface area contributed by atoms with Crippen molar-refractivity contribution in [3.05, 3.63) is 33.3 Å². The van der Waals surface area contributed by atoms with Crippen molar-refractivity contribution in [2.45, 2.75) is 18.2 Å². The van der Waals surface area contributed by atoms with Crippen LogP contribution in [0.4, 0.5) is 0 Å². The molecule has 0 radical (unpaired) electrons. The van der Waals surface area contributed by atoms with E-state index in [0.717, 1.165) is 22.6 Å². The molecule has 2 N–H and O–H groups in total. The van der Waals surface area contributed by atoms with Crippen molar-refractivity contribution in [2.24, 2.45) is 5.73 Å². The van der Waals surface area contributed by atoms with Gasteiger partial charge in [-0.15, -0.1) is 0 Å². The Balaban J connectivity index is 2.21. The molecule has 2 nitrogen and oxygen atoms in total. The zero-order valence-electron chi connectivity index (χ0n) is 10.4. The molecule has 1 fully saturated rings. The Morgan fingerprint density at radius 3 is 3.00 bits per heavy atom. The standard InChI is InChI=1S/C13H18BrClN2S/c1-9-8-17(4-5-18-9)13(7-16)11-3-2-10(15)6-12(11)14/h2-3,6,9,13H,4-5,7-8,16H2,1H3. The molecule has 0 bridgehead atoms. The van der Waals surface area contributed by atoms with Crippen molar-refractivity contribution in [1.82, 2.24) is 4.90 Å². The van der Waals surface area contributed by atoms with Crippen molar-refractivity contribution in [3.63, 3.8) is 0 Å². The zero-order chi connectivity index (χ0) is 13.1. The van der Waals surface area contributed by atoms with Gasteiger partial charge in [0.05, 0.1) is 0 Å². The van der Waals surface area contributed by atoms with Crippen LogP contribution < -0.4 is 5.73 Å². The molecule has 5 heteroatoms. The van der Waals surface area contributed by atoms with Gasteiger partial charge in [-0.05, 0) is 17.7 Å². The number of hydrogen-bond donors (Lipinski definition) is 1. The molecule has 0 saturated carbocycles. The SMILES string of the molecule is CC1CN(C(CN)c2ccc(Cl)cc2Br)CCS1. The average molecular weight is 350 g/mol. The Morgan fingerprint density at radius 2 is 2.39 bits per heavy atom. The molecule has 1 aromatic carbocycles. The Morgan fingerprint density at radius 1 is 1.61 bits per heavy atom. The van der Waals surface area contributed by atoms with E-state index >= 15 is 0 Å². The molecular weight excluding hydrogens is 332 g/mol. The van der Waals surface area contributed by atoms with Crippen LogP contribution in [0, 0.1) is 0 Å². The van der Waals surface area contributed by atoms with Crippen molar-refractivity contribution in [3.8, 4) is 0 Å². The average Bonchev–Trinajstić information content (AvgIpc) is 2.33. The number of nitrogens with zero attached hydrogens (tertiary/aromatic N) is 1. The summed E-state index contributed by atoms with van der Waals surface area (Å²) in [5.74, 6) is 1.18. The highest BCUT2D eigenvalue weighted by Gasteiger charge is 2.25. The number of nitrogens with two attached hydrogens (primary N) is 1. The number of rotatable bonds is 3. The first-order valence-electron chi connectivity index (χ1n) is 6.12. The van der Waals surface area contributed by atoms with E-state index in [2.05, 4.69) is 33.8 Å². The third kappa shape index (κ3) is 3.42. The minimum Gasteiger partial charge on any atom is -0.329 e. The third-order valence-electron chi connectivity index (χ3n) is 3.26. The Hall–Kier alpha value is 0.260. The minimum absolute atomic E-state index is 0.278. The van der Waals surface area contributed by atoms with Crippen LogP contribution in [-0.2, 0) is 0 Å². The number of halogens is 2. The molecule has 2 atom stereocenters. The van der Waals surface area contributed by atoms with E-state index in [4.69, 9.17) is 17.3 Å². The van der Waals surface area contributed by atoms with Gasteiger partial charge in [0.15, 0.2) is 0 Å². The Labute approximate surface area is 126 Å². The highest BCUT2D eigenvalue weighted by Crippen LogP contribution is 2.32. The van der Waals surface area contributed by atoms with Gasteiger partial charge in [0.25, 0.3) is 0 Å². The molecule has 1 saturated heterocycles. The molecule has 2 unspecified atom stereocenters. The van der Waals surface area contributed by atoms with Gasteiger partial charge in [-0.25, -0.2) is 0 Å². The fourth-order valence-electron chi connectivity index (χ4n) is 2.37. The van der Waals surface area contributed by atoms with Gasteiger partial charge in [-0.3, -0.25) is 4.90 Å². The van der Waals surface area contributed by atoms with Crippen LogP contribution >= 0.6 is 39.3 Å². The maximum Gasteiger partial charge on any atom is 0.0482 e. The molecule has 1 aromatic rings. The lowest BCUT2D eigenvalue weighted by molar-refractivity contribution is 0.210. The van der Waals surface area contributed by atoms with Crippen molar-refractivity contribution in [2.75, 3.05) is 25.4 Å². The number of thioether (sulfide) groups is 1. The molecule has 1 aliphatic heterocycles. The molecule has 0 aliphatic carbocycles. The van der Waals surface area contributed by atoms with E-state index < -0.39 is 0 Å². The van der Waals surface area contributed by atoms with Gasteiger partial charge in [0.1, 0.15) is 0 Å². The summed E-state index contributed by atoms with van der Waals surface area (Å²) in [5, 5.41) is 1.43. The van der Waals surface area contributed by atoms with E-state index in [1.54, 1.807) is 0 Å². The maximum atomic E-state index is 6.00. The van der Waals surface area contributed by atoms with Crippen LogP contribution in [0.3, 0.4) is 0 Å². The van der Waals surface area contributed by atoms with E-state index in [-0.39, 0.29) is 6.04 Å². The van der Waals surface area contributed by atoms with Crippen LogP contribution in [0.25, 0.3) is 0 Å². The number of benzene rings is 1. The Bertz CT molecular complexity index is 416. The first kappa shape index (κ1) is 14.7. The summed E-state index contributed by atoms with van der Waals surface area (Å²) in [7, 11) is 0. The normalized spacial score (nSPS) is 23.0. The first-order chi connectivity index (χ1) is 8.61. The number of hydrogen-bond acceptors (Lipinski definition) is 3. The summed E-state index contributed by atoms with van der Waals surface area (Å²) in [6, 6.07) is 6.24. The fraction of sp³-hybridized carbons (Fsp3) is 0.538. The molecule has 1 heterocycles. The van der Waals surface area contributed by atoms with Crippen LogP contribution in [0.1, 0.15) is 18.5 Å². The largest absolute Gasteiger partial charge is 0.329 e. The second kappa shape index (κ2) is 6.62. The monoisotopic (exact) mass is 348 g/mol. The van der Waals surface area contributed by atoms with Crippen molar-refractivity contribution in [1.29, 1.82) is 0 Å². The summed E-state index contributed by atoms with van der Waals surface area (Å²) < 4.78 is 1.05. The van der Waals surface area contributed by atoms with E-state index in [1.807, 2.05) is 23.9 Å². The molecule has 0 spiro atoms. The summed E-state index contributed by atoms with van der Waals surface area (Å²) in [5.41, 5.74) is 7.22. The molecular formula is C13H18BrClN2S. The van der Waals surface area contributed by atoms with Crippen LogP contribution in [-0.4, -0.2) is 35.5 Å². The quantitative estimate of drug-likeness (QED) is 0.905.